The van der Waals surface area contributed by atoms with Crippen molar-refractivity contribution in [3.8, 4) is 6.07 Å². The number of carbonyl (C=O) groups is 1. The molecular weight excluding hydrogens is 236 g/mol. The van der Waals surface area contributed by atoms with Crippen LogP contribution in [-0.4, -0.2) is 12.5 Å². The maximum Gasteiger partial charge on any atom is 0.239 e. The van der Waals surface area contributed by atoms with Crippen LogP contribution in [0.25, 0.3) is 0 Å². The van der Waals surface area contributed by atoms with Crippen LogP contribution in [0.15, 0.2) is 0 Å². The van der Waals surface area contributed by atoms with Crippen molar-refractivity contribution in [1.29, 1.82) is 5.26 Å². The van der Waals surface area contributed by atoms with Gasteiger partial charge >= 0.3 is 0 Å². The summed E-state index contributed by atoms with van der Waals surface area (Å²) in [5.41, 5.74) is -0.543. The predicted molar refractivity (Wildman–Crippen MR) is 73.0 cm³/mol. The van der Waals surface area contributed by atoms with E-state index in [0.29, 0.717) is 5.41 Å². The molecule has 0 aromatic carbocycles. The largest absolute Gasteiger partial charge is 0.354 e. The number of rotatable bonds is 3. The number of carbonyl (C=O) groups excluding carboxylic acids is 1. The first-order chi connectivity index (χ1) is 8.92. The molecule has 1 N–H and O–H groups in total. The summed E-state index contributed by atoms with van der Waals surface area (Å²) in [4.78, 5) is 12.1. The molecule has 0 radical (unpaired) electrons. The fourth-order valence-corrected chi connectivity index (χ4v) is 5.05. The minimum Gasteiger partial charge on any atom is -0.354 e. The molecule has 0 unspecified atom stereocenters. The van der Waals surface area contributed by atoms with Gasteiger partial charge in [0.15, 0.2) is 0 Å². The molecule has 0 heterocycles. The van der Waals surface area contributed by atoms with Gasteiger partial charge in [-0.25, -0.2) is 0 Å². The zero-order valence-corrected chi connectivity index (χ0v) is 12.0. The first kappa shape index (κ1) is 13.0. The summed E-state index contributed by atoms with van der Waals surface area (Å²) in [6, 6.07) is 2.09. The zero-order chi connectivity index (χ0) is 13.7. The lowest BCUT2D eigenvalue weighted by Crippen LogP contribution is -2.52. The lowest BCUT2D eigenvalue weighted by atomic mass is 9.49. The van der Waals surface area contributed by atoms with Crippen molar-refractivity contribution >= 4 is 5.91 Å². The number of nitrogens with one attached hydrogen (secondary N) is 1. The van der Waals surface area contributed by atoms with Gasteiger partial charge in [0.2, 0.25) is 5.91 Å². The van der Waals surface area contributed by atoms with E-state index in [1.807, 2.05) is 0 Å². The van der Waals surface area contributed by atoms with Crippen LogP contribution >= 0.6 is 0 Å². The molecule has 104 valence electrons. The zero-order valence-electron chi connectivity index (χ0n) is 12.0. The molecule has 0 atom stereocenters. The Balaban J connectivity index is 1.64. The van der Waals surface area contributed by atoms with E-state index in [-0.39, 0.29) is 5.91 Å². The topological polar surface area (TPSA) is 52.9 Å². The Bertz CT molecular complexity index is 397. The van der Waals surface area contributed by atoms with E-state index in [9.17, 15) is 4.79 Å². The van der Waals surface area contributed by atoms with E-state index < -0.39 is 5.41 Å². The molecule has 0 aromatic heterocycles. The van der Waals surface area contributed by atoms with Gasteiger partial charge in [-0.1, -0.05) is 0 Å². The fourth-order valence-electron chi connectivity index (χ4n) is 5.05. The van der Waals surface area contributed by atoms with Gasteiger partial charge in [-0.05, 0) is 75.5 Å². The molecule has 1 amide bonds. The number of hydrogen-bond donors (Lipinski definition) is 1. The quantitative estimate of drug-likeness (QED) is 0.848. The predicted octanol–water partition coefficient (Wildman–Crippen LogP) is 2.87. The second-order valence-corrected chi connectivity index (χ2v) is 7.84. The third-order valence-electron chi connectivity index (χ3n) is 5.64. The van der Waals surface area contributed by atoms with Crippen LogP contribution in [0.2, 0.25) is 0 Å². The average Bonchev–Trinajstić information content (AvgIpc) is 2.34. The monoisotopic (exact) mass is 260 g/mol. The van der Waals surface area contributed by atoms with Crippen molar-refractivity contribution in [3.05, 3.63) is 0 Å². The maximum absolute atomic E-state index is 12.1. The molecule has 19 heavy (non-hydrogen) atoms. The Hall–Kier alpha value is -1.04. The third-order valence-corrected chi connectivity index (χ3v) is 5.64. The highest BCUT2D eigenvalue weighted by Gasteiger charge is 2.51. The Morgan fingerprint density at radius 3 is 2.11 bits per heavy atom. The highest BCUT2D eigenvalue weighted by Crippen LogP contribution is 2.59. The minimum atomic E-state index is -0.901. The van der Waals surface area contributed by atoms with Crippen LogP contribution < -0.4 is 5.32 Å². The van der Waals surface area contributed by atoms with Crippen LogP contribution in [0.3, 0.4) is 0 Å². The molecule has 0 aliphatic heterocycles. The van der Waals surface area contributed by atoms with Crippen LogP contribution in [-0.2, 0) is 4.79 Å². The lowest BCUT2D eigenvalue weighted by Gasteiger charge is -2.57. The van der Waals surface area contributed by atoms with Crippen molar-refractivity contribution < 1.29 is 4.79 Å². The first-order valence-electron chi connectivity index (χ1n) is 7.62. The molecule has 4 aliphatic rings. The van der Waals surface area contributed by atoms with Gasteiger partial charge in [-0.15, -0.1) is 0 Å². The summed E-state index contributed by atoms with van der Waals surface area (Å²) in [5.74, 6) is 2.62. The van der Waals surface area contributed by atoms with E-state index in [0.717, 1.165) is 24.3 Å². The van der Waals surface area contributed by atoms with E-state index >= 15 is 0 Å². The number of hydrogen-bond acceptors (Lipinski definition) is 2. The van der Waals surface area contributed by atoms with E-state index in [1.54, 1.807) is 13.8 Å². The van der Waals surface area contributed by atoms with Gasteiger partial charge < -0.3 is 5.32 Å². The molecule has 3 heteroatoms. The van der Waals surface area contributed by atoms with Crippen molar-refractivity contribution in [2.75, 3.05) is 6.54 Å². The van der Waals surface area contributed by atoms with Gasteiger partial charge in [0.1, 0.15) is 5.41 Å². The maximum atomic E-state index is 12.1. The van der Waals surface area contributed by atoms with Gasteiger partial charge in [0, 0.05) is 6.54 Å². The second kappa shape index (κ2) is 4.23. The van der Waals surface area contributed by atoms with Gasteiger partial charge in [0.05, 0.1) is 6.07 Å². The standard InChI is InChI=1S/C16H24N2O/c1-15(2,9-17)14(19)18-10-16-6-11-3-12(7-16)5-13(4-11)8-16/h11-13H,3-8,10H2,1-2H3,(H,18,19). The molecule has 0 saturated heterocycles. The Morgan fingerprint density at radius 2 is 1.68 bits per heavy atom. The Morgan fingerprint density at radius 1 is 1.21 bits per heavy atom. The minimum absolute atomic E-state index is 0.106. The first-order valence-corrected chi connectivity index (χ1v) is 7.62. The summed E-state index contributed by atoms with van der Waals surface area (Å²) < 4.78 is 0. The SMILES string of the molecule is CC(C)(C#N)C(=O)NCC12CC3CC(CC(C3)C1)C2. The van der Waals surface area contributed by atoms with Crippen LogP contribution in [0.1, 0.15) is 52.4 Å². The lowest BCUT2D eigenvalue weighted by molar-refractivity contribution is -0.128. The van der Waals surface area contributed by atoms with Crippen molar-refractivity contribution in [2.45, 2.75) is 52.4 Å². The average molecular weight is 260 g/mol. The smallest absolute Gasteiger partial charge is 0.239 e. The number of nitrogens with zero attached hydrogens (tertiary/aromatic N) is 1. The molecule has 4 bridgehead atoms. The molecule has 4 saturated carbocycles. The Labute approximate surface area is 115 Å². The normalized spacial score (nSPS) is 39.9. The molecule has 3 nitrogen and oxygen atoms in total. The molecule has 0 aromatic rings. The highest BCUT2D eigenvalue weighted by atomic mass is 16.2. The molecule has 4 aliphatic carbocycles. The van der Waals surface area contributed by atoms with E-state index in [2.05, 4.69) is 11.4 Å². The summed E-state index contributed by atoms with van der Waals surface area (Å²) in [5, 5.41) is 12.1. The van der Waals surface area contributed by atoms with E-state index in [4.69, 9.17) is 5.26 Å². The summed E-state index contributed by atoms with van der Waals surface area (Å²) in [6.07, 6.45) is 8.18. The van der Waals surface area contributed by atoms with Crippen LogP contribution in [0.4, 0.5) is 0 Å². The second-order valence-electron chi connectivity index (χ2n) is 7.84. The molecule has 4 fully saturated rings. The fraction of sp³-hybridized carbons (Fsp3) is 0.875. The Kier molecular flexibility index (Phi) is 2.89. The summed E-state index contributed by atoms with van der Waals surface area (Å²) in [6.45, 7) is 4.18. The van der Waals surface area contributed by atoms with E-state index in [1.165, 1.54) is 38.5 Å². The van der Waals surface area contributed by atoms with Gasteiger partial charge in [-0.3, -0.25) is 4.79 Å². The van der Waals surface area contributed by atoms with Crippen molar-refractivity contribution in [3.63, 3.8) is 0 Å². The summed E-state index contributed by atoms with van der Waals surface area (Å²) in [7, 11) is 0. The van der Waals surface area contributed by atoms with Crippen LogP contribution in [0.5, 0.6) is 0 Å². The summed E-state index contributed by atoms with van der Waals surface area (Å²) >= 11 is 0. The van der Waals surface area contributed by atoms with Crippen LogP contribution in [0, 0.1) is 39.9 Å². The number of nitriles is 1. The molecule has 4 rings (SSSR count). The van der Waals surface area contributed by atoms with Crippen molar-refractivity contribution in [1.82, 2.24) is 5.32 Å². The third kappa shape index (κ3) is 2.26. The number of amides is 1. The van der Waals surface area contributed by atoms with Gasteiger partial charge in [-0.2, -0.15) is 5.26 Å². The van der Waals surface area contributed by atoms with Gasteiger partial charge in [0.25, 0.3) is 0 Å². The molecular formula is C16H24N2O. The highest BCUT2D eigenvalue weighted by molar-refractivity contribution is 5.84. The van der Waals surface area contributed by atoms with Crippen molar-refractivity contribution in [2.24, 2.45) is 28.6 Å². The molecule has 0 spiro atoms.